The molecule has 0 amide bonds. The lowest BCUT2D eigenvalue weighted by Crippen LogP contribution is -2.39. The maximum absolute atomic E-state index is 6.91. The van der Waals surface area contributed by atoms with E-state index in [-0.39, 0.29) is 12.2 Å². The molecule has 2 atom stereocenters. The molecule has 0 saturated carbocycles. The quantitative estimate of drug-likeness (QED) is 0.274. The van der Waals surface area contributed by atoms with Gasteiger partial charge in [0.1, 0.15) is 6.10 Å². The molecule has 4 aromatic carbocycles. The van der Waals surface area contributed by atoms with Gasteiger partial charge in [0.2, 0.25) is 0 Å². The first-order valence-electron chi connectivity index (χ1n) is 11.1. The third-order valence-corrected chi connectivity index (χ3v) is 6.13. The second-order valence-electron chi connectivity index (χ2n) is 8.05. The Labute approximate surface area is 186 Å². The highest BCUT2D eigenvalue weighted by atomic mass is 16.5. The van der Waals surface area contributed by atoms with Crippen LogP contribution in [0, 0.1) is 0 Å². The lowest BCUT2D eigenvalue weighted by Gasteiger charge is -2.43. The fraction of sp³-hybridized carbons (Fsp3) is 0.200. The fourth-order valence-electron chi connectivity index (χ4n) is 4.44. The highest BCUT2D eigenvalue weighted by Crippen LogP contribution is 2.50. The van der Waals surface area contributed by atoms with Crippen LogP contribution in [-0.4, -0.2) is 6.10 Å². The van der Waals surface area contributed by atoms with E-state index in [1.165, 1.54) is 22.3 Å². The molecular formula is C30H30O. The smallest absolute Gasteiger partial charge is 0.101 e. The van der Waals surface area contributed by atoms with Crippen LogP contribution >= 0.6 is 0 Å². The van der Waals surface area contributed by atoms with Crippen LogP contribution < -0.4 is 0 Å². The molecule has 2 unspecified atom stereocenters. The summed E-state index contributed by atoms with van der Waals surface area (Å²) in [5.74, 6) is 0. The molecular weight excluding hydrogens is 376 g/mol. The van der Waals surface area contributed by atoms with Crippen molar-refractivity contribution in [1.82, 2.24) is 0 Å². The lowest BCUT2D eigenvalue weighted by atomic mass is 9.64. The van der Waals surface area contributed by atoms with Gasteiger partial charge in [0.05, 0.1) is 11.5 Å². The summed E-state index contributed by atoms with van der Waals surface area (Å²) >= 11 is 0. The van der Waals surface area contributed by atoms with Crippen molar-refractivity contribution in [1.29, 1.82) is 0 Å². The summed E-state index contributed by atoms with van der Waals surface area (Å²) in [6, 6.07) is 43.1. The third kappa shape index (κ3) is 4.19. The lowest BCUT2D eigenvalue weighted by molar-refractivity contribution is -0.0320. The van der Waals surface area contributed by atoms with E-state index in [0.29, 0.717) is 0 Å². The van der Waals surface area contributed by atoms with Gasteiger partial charge >= 0.3 is 0 Å². The van der Waals surface area contributed by atoms with E-state index in [4.69, 9.17) is 4.74 Å². The fourth-order valence-corrected chi connectivity index (χ4v) is 4.44. The molecule has 0 heterocycles. The number of rotatable bonds is 8. The number of benzene rings is 4. The average molecular weight is 407 g/mol. The molecule has 0 radical (unpaired) electrons. The van der Waals surface area contributed by atoms with Crippen molar-refractivity contribution in [3.05, 3.63) is 144 Å². The molecule has 0 aliphatic rings. The Kier molecular flexibility index (Phi) is 6.64. The van der Waals surface area contributed by atoms with Gasteiger partial charge in [0.25, 0.3) is 0 Å². The molecule has 0 N–H and O–H groups in total. The second kappa shape index (κ2) is 9.76. The van der Waals surface area contributed by atoms with Crippen LogP contribution in [0.5, 0.6) is 0 Å². The molecule has 1 nitrogen and oxygen atoms in total. The minimum Gasteiger partial charge on any atom is -0.369 e. The van der Waals surface area contributed by atoms with E-state index in [2.05, 4.69) is 135 Å². The second-order valence-corrected chi connectivity index (χ2v) is 8.05. The van der Waals surface area contributed by atoms with Crippen LogP contribution in [-0.2, 0) is 10.2 Å². The summed E-state index contributed by atoms with van der Waals surface area (Å²) in [5.41, 5.74) is 4.37. The Morgan fingerprint density at radius 2 is 0.935 bits per heavy atom. The first kappa shape index (κ1) is 21.1. The van der Waals surface area contributed by atoms with Crippen LogP contribution in [0.4, 0.5) is 0 Å². The summed E-state index contributed by atoms with van der Waals surface area (Å²) in [6.07, 6.45) is 0.897. The standard InChI is InChI=1S/C30H30O/c1-3-24(2)31-29(25-16-8-4-9-17-25)30(26-18-10-5-11-19-26,27-20-12-6-13-21-27)28-22-14-7-15-23-28/h4-24,29H,3H2,1-2H3. The van der Waals surface area contributed by atoms with Crippen molar-refractivity contribution in [3.8, 4) is 0 Å². The maximum Gasteiger partial charge on any atom is 0.101 e. The normalized spacial score (nSPS) is 13.5. The minimum absolute atomic E-state index is 0.126. The van der Waals surface area contributed by atoms with E-state index >= 15 is 0 Å². The number of hydrogen-bond donors (Lipinski definition) is 0. The van der Waals surface area contributed by atoms with E-state index in [1.807, 2.05) is 0 Å². The molecule has 4 aromatic rings. The molecule has 4 rings (SSSR count). The van der Waals surface area contributed by atoms with Gasteiger partial charge in [-0.15, -0.1) is 0 Å². The SMILES string of the molecule is CCC(C)OC(c1ccccc1)C(c1ccccc1)(c1ccccc1)c1ccccc1. The van der Waals surface area contributed by atoms with Gasteiger partial charge in [0.15, 0.2) is 0 Å². The highest BCUT2D eigenvalue weighted by Gasteiger charge is 2.45. The Balaban J connectivity index is 2.09. The largest absolute Gasteiger partial charge is 0.369 e. The zero-order chi connectivity index (χ0) is 21.5. The van der Waals surface area contributed by atoms with Gasteiger partial charge < -0.3 is 4.74 Å². The molecule has 31 heavy (non-hydrogen) atoms. The zero-order valence-electron chi connectivity index (χ0n) is 18.3. The number of hydrogen-bond acceptors (Lipinski definition) is 1. The van der Waals surface area contributed by atoms with E-state index in [0.717, 1.165) is 6.42 Å². The van der Waals surface area contributed by atoms with Crippen molar-refractivity contribution in [2.75, 3.05) is 0 Å². The van der Waals surface area contributed by atoms with Gasteiger partial charge in [-0.25, -0.2) is 0 Å². The summed E-state index contributed by atoms with van der Waals surface area (Å²) in [6.45, 7) is 4.35. The van der Waals surface area contributed by atoms with E-state index in [1.54, 1.807) is 0 Å². The van der Waals surface area contributed by atoms with Crippen molar-refractivity contribution in [2.24, 2.45) is 0 Å². The predicted molar refractivity (Wildman–Crippen MR) is 129 cm³/mol. The summed E-state index contributed by atoms with van der Waals surface area (Å²) < 4.78 is 6.91. The molecule has 0 spiro atoms. The van der Waals surface area contributed by atoms with Gasteiger partial charge in [-0.05, 0) is 35.6 Å². The summed E-state index contributed by atoms with van der Waals surface area (Å²) in [5, 5.41) is 0. The Morgan fingerprint density at radius 1 is 0.581 bits per heavy atom. The molecule has 156 valence electrons. The summed E-state index contributed by atoms with van der Waals surface area (Å²) in [4.78, 5) is 0. The van der Waals surface area contributed by atoms with Crippen molar-refractivity contribution < 1.29 is 4.74 Å². The van der Waals surface area contributed by atoms with Gasteiger partial charge in [0, 0.05) is 0 Å². The van der Waals surface area contributed by atoms with Crippen LogP contribution in [0.2, 0.25) is 0 Å². The van der Waals surface area contributed by atoms with Crippen LogP contribution in [0.3, 0.4) is 0 Å². The third-order valence-electron chi connectivity index (χ3n) is 6.13. The molecule has 1 heteroatoms. The van der Waals surface area contributed by atoms with Crippen molar-refractivity contribution in [2.45, 2.75) is 37.9 Å². The van der Waals surface area contributed by atoms with E-state index in [9.17, 15) is 0 Å². The topological polar surface area (TPSA) is 9.23 Å². The van der Waals surface area contributed by atoms with Gasteiger partial charge in [-0.2, -0.15) is 0 Å². The first-order chi connectivity index (χ1) is 15.3. The Bertz CT molecular complexity index is 946. The maximum atomic E-state index is 6.91. The van der Waals surface area contributed by atoms with Crippen LogP contribution in [0.25, 0.3) is 0 Å². The predicted octanol–water partition coefficient (Wildman–Crippen LogP) is 7.58. The Hall–Kier alpha value is -3.16. The highest BCUT2D eigenvalue weighted by molar-refractivity contribution is 5.53. The molecule has 0 aliphatic carbocycles. The van der Waals surface area contributed by atoms with Crippen molar-refractivity contribution in [3.63, 3.8) is 0 Å². The molecule has 0 aliphatic heterocycles. The monoisotopic (exact) mass is 406 g/mol. The number of ether oxygens (including phenoxy) is 1. The minimum atomic E-state index is -0.492. The van der Waals surface area contributed by atoms with E-state index < -0.39 is 5.41 Å². The van der Waals surface area contributed by atoms with Crippen LogP contribution in [0.15, 0.2) is 121 Å². The van der Waals surface area contributed by atoms with Crippen molar-refractivity contribution >= 4 is 0 Å². The molecule has 0 saturated heterocycles. The first-order valence-corrected chi connectivity index (χ1v) is 11.1. The molecule has 0 aromatic heterocycles. The average Bonchev–Trinajstić information content (AvgIpc) is 2.86. The molecule has 0 fully saturated rings. The van der Waals surface area contributed by atoms with Gasteiger partial charge in [-0.1, -0.05) is 128 Å². The van der Waals surface area contributed by atoms with Crippen LogP contribution in [0.1, 0.15) is 48.6 Å². The molecule has 0 bridgehead atoms. The zero-order valence-corrected chi connectivity index (χ0v) is 18.3. The van der Waals surface area contributed by atoms with Gasteiger partial charge in [-0.3, -0.25) is 0 Å². The Morgan fingerprint density at radius 3 is 1.29 bits per heavy atom. The summed E-state index contributed by atoms with van der Waals surface area (Å²) in [7, 11) is 0.